The van der Waals surface area contributed by atoms with Gasteiger partial charge in [0, 0.05) is 24.3 Å². The zero-order chi connectivity index (χ0) is 23.1. The first-order chi connectivity index (χ1) is 15.9. The SMILES string of the molecule is Nc1nn2ccc(N3CCCC3c3cc(F)ccc3F)nc2c1C(=O)NC1CCC(O)CC1. The molecule has 33 heavy (non-hydrogen) atoms. The van der Waals surface area contributed by atoms with Crippen LogP contribution in [0.2, 0.25) is 0 Å². The summed E-state index contributed by atoms with van der Waals surface area (Å²) in [5.41, 5.74) is 6.85. The Balaban J connectivity index is 1.45. The largest absolute Gasteiger partial charge is 0.393 e. The van der Waals surface area contributed by atoms with Crippen molar-refractivity contribution in [3.63, 3.8) is 0 Å². The first-order valence-electron chi connectivity index (χ1n) is 11.3. The zero-order valence-electron chi connectivity index (χ0n) is 18.0. The molecule has 0 spiro atoms. The van der Waals surface area contributed by atoms with Crippen LogP contribution < -0.4 is 16.0 Å². The van der Waals surface area contributed by atoms with Gasteiger partial charge in [-0.25, -0.2) is 18.3 Å². The quantitative estimate of drug-likeness (QED) is 0.557. The number of halogens is 2. The molecule has 1 unspecified atom stereocenters. The van der Waals surface area contributed by atoms with Crippen LogP contribution in [-0.2, 0) is 0 Å². The molecule has 2 aliphatic rings. The maximum absolute atomic E-state index is 14.5. The fraction of sp³-hybridized carbons (Fsp3) is 0.435. The van der Waals surface area contributed by atoms with Crippen LogP contribution in [0.5, 0.6) is 0 Å². The van der Waals surface area contributed by atoms with Crippen molar-refractivity contribution in [3.05, 3.63) is 53.2 Å². The van der Waals surface area contributed by atoms with Crippen LogP contribution >= 0.6 is 0 Å². The highest BCUT2D eigenvalue weighted by Gasteiger charge is 2.31. The molecule has 8 nitrogen and oxygen atoms in total. The van der Waals surface area contributed by atoms with Gasteiger partial charge in [-0.3, -0.25) is 4.79 Å². The Bertz CT molecular complexity index is 1190. The number of aliphatic hydroxyl groups excluding tert-OH is 1. The van der Waals surface area contributed by atoms with Crippen molar-refractivity contribution in [3.8, 4) is 0 Å². The molecule has 1 saturated carbocycles. The Morgan fingerprint density at radius 1 is 1.15 bits per heavy atom. The van der Waals surface area contributed by atoms with Crippen molar-refractivity contribution in [2.75, 3.05) is 17.2 Å². The Hall–Kier alpha value is -3.27. The minimum absolute atomic E-state index is 0.0441. The van der Waals surface area contributed by atoms with E-state index in [1.54, 1.807) is 12.3 Å². The highest BCUT2D eigenvalue weighted by Crippen LogP contribution is 2.37. The molecule has 5 rings (SSSR count). The van der Waals surface area contributed by atoms with Crippen LogP contribution in [0.25, 0.3) is 5.65 Å². The third-order valence-corrected chi connectivity index (χ3v) is 6.62. The van der Waals surface area contributed by atoms with E-state index >= 15 is 0 Å². The van der Waals surface area contributed by atoms with Crippen LogP contribution in [0.4, 0.5) is 20.4 Å². The number of aromatic nitrogens is 3. The fourth-order valence-electron chi connectivity index (χ4n) is 4.93. The van der Waals surface area contributed by atoms with E-state index in [9.17, 15) is 18.7 Å². The number of nitrogens with one attached hydrogen (secondary N) is 1. The molecule has 0 radical (unpaired) electrons. The third kappa shape index (κ3) is 4.10. The lowest BCUT2D eigenvalue weighted by Gasteiger charge is -2.27. The molecule has 0 bridgehead atoms. The van der Waals surface area contributed by atoms with Gasteiger partial charge in [0.15, 0.2) is 11.5 Å². The molecule has 174 valence electrons. The van der Waals surface area contributed by atoms with E-state index in [2.05, 4.69) is 15.4 Å². The van der Waals surface area contributed by atoms with Crippen molar-refractivity contribution in [2.45, 2.75) is 56.7 Å². The maximum atomic E-state index is 14.5. The fourth-order valence-corrected chi connectivity index (χ4v) is 4.93. The Kier molecular flexibility index (Phi) is 5.61. The van der Waals surface area contributed by atoms with Gasteiger partial charge in [0.1, 0.15) is 23.0 Å². The van der Waals surface area contributed by atoms with Gasteiger partial charge in [0.05, 0.1) is 12.1 Å². The highest BCUT2D eigenvalue weighted by atomic mass is 19.1. The summed E-state index contributed by atoms with van der Waals surface area (Å²) < 4.78 is 29.7. The molecular formula is C23H26F2N6O2. The predicted molar refractivity (Wildman–Crippen MR) is 119 cm³/mol. The number of nitrogen functional groups attached to an aromatic ring is 1. The van der Waals surface area contributed by atoms with Gasteiger partial charge in [-0.2, -0.15) is 0 Å². The number of benzene rings is 1. The van der Waals surface area contributed by atoms with Crippen molar-refractivity contribution < 1.29 is 18.7 Å². The first-order valence-corrected chi connectivity index (χ1v) is 11.3. The van der Waals surface area contributed by atoms with Crippen molar-refractivity contribution in [2.24, 2.45) is 0 Å². The average molecular weight is 456 g/mol. The van der Waals surface area contributed by atoms with E-state index in [-0.39, 0.29) is 35.5 Å². The van der Waals surface area contributed by atoms with E-state index in [1.165, 1.54) is 10.6 Å². The van der Waals surface area contributed by atoms with Crippen LogP contribution in [-0.4, -0.2) is 44.3 Å². The summed E-state index contributed by atoms with van der Waals surface area (Å²) in [5.74, 6) is -0.687. The summed E-state index contributed by atoms with van der Waals surface area (Å²) >= 11 is 0. The number of nitrogens with two attached hydrogens (primary N) is 1. The third-order valence-electron chi connectivity index (χ3n) is 6.62. The molecule has 1 saturated heterocycles. The summed E-state index contributed by atoms with van der Waals surface area (Å²) in [6.07, 6.45) is 5.49. The number of anilines is 2. The lowest BCUT2D eigenvalue weighted by Crippen LogP contribution is -2.38. The lowest BCUT2D eigenvalue weighted by atomic mass is 9.93. The predicted octanol–water partition coefficient (Wildman–Crippen LogP) is 2.96. The van der Waals surface area contributed by atoms with E-state index in [1.807, 2.05) is 4.90 Å². The van der Waals surface area contributed by atoms with E-state index in [0.29, 0.717) is 55.7 Å². The summed E-state index contributed by atoms with van der Waals surface area (Å²) in [5, 5.41) is 16.9. The maximum Gasteiger partial charge on any atom is 0.259 e. The number of carbonyl (C=O) groups excluding carboxylic acids is 1. The van der Waals surface area contributed by atoms with Gasteiger partial charge in [0.25, 0.3) is 5.91 Å². The minimum Gasteiger partial charge on any atom is -0.393 e. The van der Waals surface area contributed by atoms with Gasteiger partial charge in [0.2, 0.25) is 0 Å². The molecule has 1 aliphatic carbocycles. The van der Waals surface area contributed by atoms with Gasteiger partial charge < -0.3 is 21.1 Å². The highest BCUT2D eigenvalue weighted by molar-refractivity contribution is 6.04. The normalized spacial score (nSPS) is 23.2. The smallest absolute Gasteiger partial charge is 0.259 e. The topological polar surface area (TPSA) is 109 Å². The molecule has 1 aliphatic heterocycles. The van der Waals surface area contributed by atoms with Crippen LogP contribution in [0.15, 0.2) is 30.5 Å². The number of hydrogen-bond acceptors (Lipinski definition) is 6. The number of rotatable bonds is 4. The molecule has 1 amide bonds. The molecule has 3 aromatic rings. The van der Waals surface area contributed by atoms with Crippen LogP contribution in [0.1, 0.15) is 60.5 Å². The van der Waals surface area contributed by atoms with Crippen LogP contribution in [0, 0.1) is 11.6 Å². The summed E-state index contributed by atoms with van der Waals surface area (Å²) in [4.78, 5) is 19.6. The van der Waals surface area contributed by atoms with Crippen molar-refractivity contribution in [1.82, 2.24) is 19.9 Å². The lowest BCUT2D eigenvalue weighted by molar-refractivity contribution is 0.0869. The monoisotopic (exact) mass is 456 g/mol. The van der Waals surface area contributed by atoms with Crippen molar-refractivity contribution >= 4 is 23.2 Å². The average Bonchev–Trinajstić information content (AvgIpc) is 3.40. The molecule has 1 aromatic carbocycles. The van der Waals surface area contributed by atoms with Gasteiger partial charge >= 0.3 is 0 Å². The summed E-state index contributed by atoms with van der Waals surface area (Å²) in [7, 11) is 0. The van der Waals surface area contributed by atoms with Gasteiger partial charge in [-0.15, -0.1) is 5.10 Å². The second-order valence-electron chi connectivity index (χ2n) is 8.81. The molecule has 2 aromatic heterocycles. The molecule has 10 heteroatoms. The molecule has 1 atom stereocenters. The number of carbonyl (C=O) groups is 1. The number of nitrogens with zero attached hydrogens (tertiary/aromatic N) is 4. The Labute approximate surface area is 189 Å². The van der Waals surface area contributed by atoms with Gasteiger partial charge in [-0.05, 0) is 62.8 Å². The minimum atomic E-state index is -0.487. The Morgan fingerprint density at radius 3 is 2.73 bits per heavy atom. The van der Waals surface area contributed by atoms with E-state index < -0.39 is 11.6 Å². The first kappa shape index (κ1) is 21.6. The molecule has 2 fully saturated rings. The standard InChI is InChI=1S/C23H26F2N6O2/c24-13-3-8-17(25)16(12-13)18-2-1-10-30(18)19-9-11-31-22(28-19)20(21(26)29-31)23(33)27-14-4-6-15(32)7-5-14/h3,8-9,11-12,14-15,18,32H,1-2,4-7,10H2,(H2,26,29)(H,27,33). The number of hydrogen-bond donors (Lipinski definition) is 3. The molecule has 3 heterocycles. The second kappa shape index (κ2) is 8.58. The molecule has 4 N–H and O–H groups in total. The van der Waals surface area contributed by atoms with E-state index in [0.717, 1.165) is 18.6 Å². The number of fused-ring (bicyclic) bond motifs is 1. The van der Waals surface area contributed by atoms with Gasteiger partial charge in [-0.1, -0.05) is 0 Å². The number of amides is 1. The summed E-state index contributed by atoms with van der Waals surface area (Å²) in [6, 6.07) is 4.81. The second-order valence-corrected chi connectivity index (χ2v) is 8.81. The number of aliphatic hydroxyl groups is 1. The Morgan fingerprint density at radius 2 is 1.94 bits per heavy atom. The zero-order valence-corrected chi connectivity index (χ0v) is 18.0. The summed E-state index contributed by atoms with van der Waals surface area (Å²) in [6.45, 7) is 0.624. The van der Waals surface area contributed by atoms with E-state index in [4.69, 9.17) is 5.73 Å². The molecular weight excluding hydrogens is 430 g/mol. The van der Waals surface area contributed by atoms with Crippen LogP contribution in [0.3, 0.4) is 0 Å². The van der Waals surface area contributed by atoms with Crippen molar-refractivity contribution in [1.29, 1.82) is 0 Å².